The maximum absolute atomic E-state index is 13.4. The predicted octanol–water partition coefficient (Wildman–Crippen LogP) is 4.71. The lowest BCUT2D eigenvalue weighted by atomic mass is 10.0. The summed E-state index contributed by atoms with van der Waals surface area (Å²) in [5.41, 5.74) is 3.41. The molecule has 2 heterocycles. The van der Waals surface area contributed by atoms with Crippen molar-refractivity contribution in [2.45, 2.75) is 20.4 Å². The first-order valence-corrected chi connectivity index (χ1v) is 10.5. The molecule has 1 amide bonds. The molecule has 146 valence electrons. The van der Waals surface area contributed by atoms with Crippen molar-refractivity contribution in [3.8, 4) is 22.4 Å². The van der Waals surface area contributed by atoms with E-state index in [0.29, 0.717) is 5.82 Å². The Kier molecular flexibility index (Phi) is 6.46. The van der Waals surface area contributed by atoms with Crippen molar-refractivity contribution in [2.75, 3.05) is 17.3 Å². The van der Waals surface area contributed by atoms with E-state index in [-0.39, 0.29) is 17.6 Å². The number of carbonyl (C=O) groups is 1. The van der Waals surface area contributed by atoms with Crippen molar-refractivity contribution in [3.63, 3.8) is 0 Å². The second-order valence-corrected chi connectivity index (χ2v) is 7.71. The number of hydrogen-bond acceptors (Lipinski definition) is 4. The Bertz CT molecular complexity index is 953. The number of pyridine rings is 1. The van der Waals surface area contributed by atoms with Crippen LogP contribution in [-0.4, -0.2) is 32.7 Å². The molecular formula is C21H23FN4OS. The lowest BCUT2D eigenvalue weighted by Gasteiger charge is -2.08. The molecule has 3 rings (SSSR count). The number of amides is 1. The second-order valence-electron chi connectivity index (χ2n) is 6.73. The normalized spacial score (nSPS) is 11.0. The summed E-state index contributed by atoms with van der Waals surface area (Å²) in [6.07, 6.45) is 5.70. The van der Waals surface area contributed by atoms with Gasteiger partial charge in [0.25, 0.3) is 0 Å². The van der Waals surface area contributed by atoms with Crippen molar-refractivity contribution in [2.24, 2.45) is 5.92 Å². The van der Waals surface area contributed by atoms with Gasteiger partial charge < -0.3 is 5.32 Å². The van der Waals surface area contributed by atoms with E-state index in [2.05, 4.69) is 16.6 Å². The van der Waals surface area contributed by atoms with Crippen LogP contribution in [0, 0.1) is 11.7 Å². The fraction of sp³-hybridized carbons (Fsp3) is 0.286. The quantitative estimate of drug-likeness (QED) is 0.626. The van der Waals surface area contributed by atoms with Gasteiger partial charge in [-0.1, -0.05) is 13.8 Å². The van der Waals surface area contributed by atoms with Crippen LogP contribution in [0.5, 0.6) is 0 Å². The molecule has 0 saturated heterocycles. The van der Waals surface area contributed by atoms with Gasteiger partial charge in [0.15, 0.2) is 0 Å². The first-order valence-electron chi connectivity index (χ1n) is 9.07. The summed E-state index contributed by atoms with van der Waals surface area (Å²) in [5.74, 6) is 0.942. The van der Waals surface area contributed by atoms with Gasteiger partial charge in [-0.2, -0.15) is 16.9 Å². The molecule has 0 bridgehead atoms. The maximum Gasteiger partial charge on any atom is 0.228 e. The first kappa shape index (κ1) is 20.1. The van der Waals surface area contributed by atoms with Crippen LogP contribution in [0.3, 0.4) is 0 Å². The minimum absolute atomic E-state index is 0.0842. The van der Waals surface area contributed by atoms with E-state index in [1.807, 2.05) is 36.9 Å². The van der Waals surface area contributed by atoms with Crippen LogP contribution < -0.4 is 5.32 Å². The average molecular weight is 399 g/mol. The van der Waals surface area contributed by atoms with Crippen LogP contribution in [0.2, 0.25) is 0 Å². The average Bonchev–Trinajstić information content (AvgIpc) is 3.11. The maximum atomic E-state index is 13.4. The third-order valence-electron chi connectivity index (χ3n) is 4.25. The highest BCUT2D eigenvalue weighted by Gasteiger charge is 2.15. The summed E-state index contributed by atoms with van der Waals surface area (Å²) < 4.78 is 15.3. The van der Waals surface area contributed by atoms with E-state index in [9.17, 15) is 9.18 Å². The molecule has 0 saturated carbocycles. The number of nitrogens with one attached hydrogen (secondary N) is 1. The summed E-state index contributed by atoms with van der Waals surface area (Å²) in [6.45, 7) is 4.45. The number of nitrogens with zero attached hydrogens (tertiary/aromatic N) is 3. The summed E-state index contributed by atoms with van der Waals surface area (Å²) >= 11 is 1.75. The fourth-order valence-corrected chi connectivity index (χ4v) is 3.06. The van der Waals surface area contributed by atoms with E-state index >= 15 is 0 Å². The number of rotatable bonds is 7. The SMILES string of the molecule is CSCCn1cc(-c2ccnc(NC(=O)C(C)C)c2)c(-c2ccc(F)cc2)n1. The van der Waals surface area contributed by atoms with Gasteiger partial charge in [-0.05, 0) is 48.2 Å². The van der Waals surface area contributed by atoms with E-state index in [1.54, 1.807) is 30.1 Å². The number of benzene rings is 1. The summed E-state index contributed by atoms with van der Waals surface area (Å²) in [6, 6.07) is 10.0. The van der Waals surface area contributed by atoms with Gasteiger partial charge in [0.05, 0.1) is 0 Å². The Morgan fingerprint density at radius 3 is 2.64 bits per heavy atom. The molecular weight excluding hydrogens is 375 g/mol. The third kappa shape index (κ3) is 4.78. The van der Waals surface area contributed by atoms with Gasteiger partial charge in [-0.15, -0.1) is 0 Å². The van der Waals surface area contributed by atoms with Gasteiger partial charge >= 0.3 is 0 Å². The fourth-order valence-electron chi connectivity index (χ4n) is 2.69. The van der Waals surface area contributed by atoms with E-state index in [0.717, 1.165) is 34.7 Å². The molecule has 2 aromatic heterocycles. The summed E-state index contributed by atoms with van der Waals surface area (Å²) in [4.78, 5) is 16.2. The first-order chi connectivity index (χ1) is 13.5. The molecule has 1 N–H and O–H groups in total. The van der Waals surface area contributed by atoms with Crippen LogP contribution in [-0.2, 0) is 11.3 Å². The minimum atomic E-state index is -0.283. The number of thioether (sulfide) groups is 1. The molecule has 7 heteroatoms. The van der Waals surface area contributed by atoms with Gasteiger partial charge in [-0.25, -0.2) is 9.37 Å². The molecule has 3 aromatic rings. The van der Waals surface area contributed by atoms with Crippen LogP contribution in [0.1, 0.15) is 13.8 Å². The largest absolute Gasteiger partial charge is 0.310 e. The van der Waals surface area contributed by atoms with Gasteiger partial charge in [-0.3, -0.25) is 9.48 Å². The minimum Gasteiger partial charge on any atom is -0.310 e. The van der Waals surface area contributed by atoms with Gasteiger partial charge in [0.2, 0.25) is 5.91 Å². The van der Waals surface area contributed by atoms with Crippen molar-refractivity contribution in [1.82, 2.24) is 14.8 Å². The lowest BCUT2D eigenvalue weighted by molar-refractivity contribution is -0.118. The lowest BCUT2D eigenvalue weighted by Crippen LogP contribution is -2.18. The molecule has 0 aliphatic carbocycles. The predicted molar refractivity (Wildman–Crippen MR) is 113 cm³/mol. The molecule has 0 atom stereocenters. The Labute approximate surface area is 168 Å². The Morgan fingerprint density at radius 2 is 1.96 bits per heavy atom. The highest BCUT2D eigenvalue weighted by atomic mass is 32.2. The van der Waals surface area contributed by atoms with Crippen molar-refractivity contribution in [1.29, 1.82) is 0 Å². The zero-order valence-corrected chi connectivity index (χ0v) is 17.0. The molecule has 0 unspecified atom stereocenters. The number of aromatic nitrogens is 3. The number of carbonyl (C=O) groups excluding carboxylic acids is 1. The van der Waals surface area contributed by atoms with Gasteiger partial charge in [0, 0.05) is 41.7 Å². The van der Waals surface area contributed by atoms with Crippen LogP contribution in [0.4, 0.5) is 10.2 Å². The zero-order chi connectivity index (χ0) is 20.1. The highest BCUT2D eigenvalue weighted by molar-refractivity contribution is 7.98. The monoisotopic (exact) mass is 398 g/mol. The summed E-state index contributed by atoms with van der Waals surface area (Å²) in [5, 5.41) is 7.55. The van der Waals surface area contributed by atoms with E-state index in [1.165, 1.54) is 12.1 Å². The van der Waals surface area contributed by atoms with E-state index < -0.39 is 0 Å². The van der Waals surface area contributed by atoms with Crippen LogP contribution in [0.15, 0.2) is 48.8 Å². The van der Waals surface area contributed by atoms with Crippen LogP contribution >= 0.6 is 11.8 Å². The molecule has 0 radical (unpaired) electrons. The zero-order valence-electron chi connectivity index (χ0n) is 16.1. The molecule has 0 aliphatic heterocycles. The van der Waals surface area contributed by atoms with Crippen LogP contribution in [0.25, 0.3) is 22.4 Å². The molecule has 28 heavy (non-hydrogen) atoms. The number of aryl methyl sites for hydroxylation is 1. The highest BCUT2D eigenvalue weighted by Crippen LogP contribution is 2.32. The standard InChI is InChI=1S/C21H23FN4OS/c1-14(2)21(27)24-19-12-16(8-9-23-19)18-13-26(10-11-28-3)25-20(18)15-4-6-17(22)7-5-15/h4-9,12-14H,10-11H2,1-3H3,(H,23,24,27). The van der Waals surface area contributed by atoms with Crippen molar-refractivity contribution < 1.29 is 9.18 Å². The second kappa shape index (κ2) is 9.01. The molecule has 1 aromatic carbocycles. The van der Waals surface area contributed by atoms with E-state index in [4.69, 9.17) is 5.10 Å². The number of hydrogen-bond donors (Lipinski definition) is 1. The Balaban J connectivity index is 2.01. The molecule has 5 nitrogen and oxygen atoms in total. The smallest absolute Gasteiger partial charge is 0.228 e. The Morgan fingerprint density at radius 1 is 1.21 bits per heavy atom. The van der Waals surface area contributed by atoms with Crippen molar-refractivity contribution in [3.05, 3.63) is 54.6 Å². The summed E-state index contributed by atoms with van der Waals surface area (Å²) in [7, 11) is 0. The van der Waals surface area contributed by atoms with Gasteiger partial charge in [0.1, 0.15) is 17.3 Å². The third-order valence-corrected chi connectivity index (χ3v) is 4.84. The Hall–Kier alpha value is -2.67. The molecule has 0 spiro atoms. The molecule has 0 aliphatic rings. The van der Waals surface area contributed by atoms with Crippen molar-refractivity contribution >= 4 is 23.5 Å². The molecule has 0 fully saturated rings. The number of anilines is 1. The topological polar surface area (TPSA) is 59.8 Å². The number of halogens is 1.